The van der Waals surface area contributed by atoms with E-state index >= 15 is 0 Å². The molecule has 0 saturated heterocycles. The molecule has 7 heteroatoms. The summed E-state index contributed by atoms with van der Waals surface area (Å²) in [6.07, 6.45) is 0.280. The normalized spacial score (nSPS) is 14.1. The Bertz CT molecular complexity index is 944. The van der Waals surface area contributed by atoms with E-state index in [1.165, 1.54) is 30.0 Å². The van der Waals surface area contributed by atoms with E-state index in [2.05, 4.69) is 29.6 Å². The molecule has 0 aliphatic heterocycles. The van der Waals surface area contributed by atoms with Crippen LogP contribution in [0.25, 0.3) is 11.1 Å². The first kappa shape index (κ1) is 23.3. The topological polar surface area (TPSA) is 95.9 Å². The summed E-state index contributed by atoms with van der Waals surface area (Å²) in [5, 5.41) is 11.8. The molecule has 2 atom stereocenters. The minimum atomic E-state index is -1.04. The van der Waals surface area contributed by atoms with Crippen LogP contribution in [-0.4, -0.2) is 54.2 Å². The Morgan fingerprint density at radius 1 is 1.03 bits per heavy atom. The monoisotopic (exact) mass is 438 g/mol. The number of carbonyl (C=O) groups is 3. The average Bonchev–Trinajstić information content (AvgIpc) is 3.12. The molecule has 2 N–H and O–H groups in total. The van der Waals surface area contributed by atoms with Crippen molar-refractivity contribution in [1.82, 2.24) is 10.2 Å². The van der Waals surface area contributed by atoms with Crippen LogP contribution in [0.15, 0.2) is 48.5 Å². The molecule has 0 heterocycles. The molecule has 1 unspecified atom stereocenters. The minimum Gasteiger partial charge on any atom is -0.480 e. The molecule has 2 aromatic rings. The van der Waals surface area contributed by atoms with E-state index in [0.29, 0.717) is 13.0 Å². The van der Waals surface area contributed by atoms with Crippen LogP contribution in [0.2, 0.25) is 0 Å². The maximum Gasteiger partial charge on any atom is 0.407 e. The number of aliphatic carboxylic acids is 1. The number of rotatable bonds is 9. The Morgan fingerprint density at radius 2 is 1.59 bits per heavy atom. The smallest absolute Gasteiger partial charge is 0.407 e. The zero-order valence-electron chi connectivity index (χ0n) is 18.7. The van der Waals surface area contributed by atoms with E-state index in [4.69, 9.17) is 9.84 Å². The van der Waals surface area contributed by atoms with Gasteiger partial charge in [0, 0.05) is 25.9 Å². The van der Waals surface area contributed by atoms with Crippen molar-refractivity contribution in [3.63, 3.8) is 0 Å². The van der Waals surface area contributed by atoms with Gasteiger partial charge in [-0.1, -0.05) is 55.5 Å². The molecule has 0 spiro atoms. The molecular weight excluding hydrogens is 408 g/mol. The molecule has 0 aromatic heterocycles. The lowest BCUT2D eigenvalue weighted by atomic mass is 9.98. The first-order valence-electron chi connectivity index (χ1n) is 10.9. The number of carbonyl (C=O) groups excluding carboxylic acids is 2. The number of nitrogens with one attached hydrogen (secondary N) is 1. The fourth-order valence-corrected chi connectivity index (χ4v) is 3.94. The van der Waals surface area contributed by atoms with Crippen LogP contribution in [0.1, 0.15) is 43.7 Å². The number of likely N-dealkylation sites (N-methyl/N-ethyl adjacent to an activating group) is 1. The SMILES string of the molecule is CC(CCC(=O)N(C)[C@@H](C)C(=O)O)CNC(=O)OCC1c2ccccc2-c2ccccc21. The molecular formula is C25H30N2O5. The van der Waals surface area contributed by atoms with Crippen LogP contribution in [0.4, 0.5) is 4.79 Å². The van der Waals surface area contributed by atoms with Gasteiger partial charge < -0.3 is 20.1 Å². The maximum atomic E-state index is 12.3. The standard InChI is InChI=1S/C25H30N2O5/c1-16(12-13-23(28)27(3)17(2)24(29)30)14-26-25(31)32-15-22-20-10-6-4-8-18(20)19-9-5-7-11-21(19)22/h4-11,16-17,22H,12-15H2,1-3H3,(H,26,31)(H,29,30)/t16?,17-/m0/s1. The van der Waals surface area contributed by atoms with Crippen molar-refractivity contribution in [3.8, 4) is 11.1 Å². The summed E-state index contributed by atoms with van der Waals surface area (Å²) in [6, 6.07) is 15.5. The van der Waals surface area contributed by atoms with E-state index in [9.17, 15) is 14.4 Å². The number of amides is 2. The van der Waals surface area contributed by atoms with Crippen LogP contribution < -0.4 is 5.32 Å². The third-order valence-corrected chi connectivity index (χ3v) is 6.12. The fourth-order valence-electron chi connectivity index (χ4n) is 3.94. The number of carboxylic acid groups (broad SMARTS) is 1. The van der Waals surface area contributed by atoms with Gasteiger partial charge in [0.25, 0.3) is 0 Å². The van der Waals surface area contributed by atoms with Crippen molar-refractivity contribution in [2.24, 2.45) is 5.92 Å². The second kappa shape index (κ2) is 10.3. The molecule has 7 nitrogen and oxygen atoms in total. The van der Waals surface area contributed by atoms with Crippen molar-refractivity contribution in [3.05, 3.63) is 59.7 Å². The van der Waals surface area contributed by atoms with Crippen LogP contribution in [0.5, 0.6) is 0 Å². The molecule has 2 aromatic carbocycles. The summed E-state index contributed by atoms with van der Waals surface area (Å²) in [4.78, 5) is 36.6. The van der Waals surface area contributed by atoms with Gasteiger partial charge >= 0.3 is 12.1 Å². The van der Waals surface area contributed by atoms with Crippen LogP contribution in [0.3, 0.4) is 0 Å². The quantitative estimate of drug-likeness (QED) is 0.620. The highest BCUT2D eigenvalue weighted by Crippen LogP contribution is 2.44. The van der Waals surface area contributed by atoms with Gasteiger partial charge in [0.2, 0.25) is 5.91 Å². The molecule has 1 aliphatic rings. The van der Waals surface area contributed by atoms with Crippen molar-refractivity contribution < 1.29 is 24.2 Å². The first-order chi connectivity index (χ1) is 15.3. The Hall–Kier alpha value is -3.35. The average molecular weight is 439 g/mol. The van der Waals surface area contributed by atoms with Crippen molar-refractivity contribution >= 4 is 18.0 Å². The van der Waals surface area contributed by atoms with Crippen molar-refractivity contribution in [1.29, 1.82) is 0 Å². The lowest BCUT2D eigenvalue weighted by Gasteiger charge is -2.22. The van der Waals surface area contributed by atoms with Crippen molar-refractivity contribution in [2.45, 2.75) is 38.6 Å². The second-order valence-electron chi connectivity index (χ2n) is 8.37. The summed E-state index contributed by atoms with van der Waals surface area (Å²) in [7, 11) is 1.49. The number of benzene rings is 2. The summed E-state index contributed by atoms with van der Waals surface area (Å²) >= 11 is 0. The highest BCUT2D eigenvalue weighted by atomic mass is 16.5. The lowest BCUT2D eigenvalue weighted by Crippen LogP contribution is -2.40. The molecule has 2 amide bonds. The molecule has 1 aliphatic carbocycles. The van der Waals surface area contributed by atoms with Gasteiger partial charge in [-0.3, -0.25) is 4.79 Å². The van der Waals surface area contributed by atoms with Gasteiger partial charge in [0.1, 0.15) is 12.6 Å². The molecule has 32 heavy (non-hydrogen) atoms. The number of hydrogen-bond donors (Lipinski definition) is 2. The zero-order chi connectivity index (χ0) is 23.3. The minimum absolute atomic E-state index is 0.00922. The van der Waals surface area contributed by atoms with E-state index in [1.807, 2.05) is 31.2 Å². The van der Waals surface area contributed by atoms with Crippen LogP contribution >= 0.6 is 0 Å². The first-order valence-corrected chi connectivity index (χ1v) is 10.9. The van der Waals surface area contributed by atoms with Crippen LogP contribution in [0, 0.1) is 5.92 Å². The predicted octanol–water partition coefficient (Wildman–Crippen LogP) is 3.87. The summed E-state index contributed by atoms with van der Waals surface area (Å²) in [5.41, 5.74) is 4.68. The van der Waals surface area contributed by atoms with Gasteiger partial charge in [0.05, 0.1) is 0 Å². The van der Waals surface area contributed by atoms with E-state index in [1.54, 1.807) is 0 Å². The Labute approximate surface area is 188 Å². The summed E-state index contributed by atoms with van der Waals surface area (Å²) < 4.78 is 5.52. The van der Waals surface area contributed by atoms with Gasteiger partial charge in [0.15, 0.2) is 0 Å². The summed E-state index contributed by atoms with van der Waals surface area (Å²) in [6.45, 7) is 4.03. The highest BCUT2D eigenvalue weighted by molar-refractivity contribution is 5.83. The zero-order valence-corrected chi connectivity index (χ0v) is 18.7. The molecule has 0 radical (unpaired) electrons. The number of fused-ring (bicyclic) bond motifs is 3. The van der Waals surface area contributed by atoms with Crippen molar-refractivity contribution in [2.75, 3.05) is 20.2 Å². The van der Waals surface area contributed by atoms with E-state index in [-0.39, 0.29) is 30.8 Å². The summed E-state index contributed by atoms with van der Waals surface area (Å²) in [5.74, 6) is -1.21. The molecule has 0 fully saturated rings. The lowest BCUT2D eigenvalue weighted by molar-refractivity contribution is -0.148. The molecule has 170 valence electrons. The van der Waals surface area contributed by atoms with Gasteiger partial charge in [-0.25, -0.2) is 9.59 Å². The van der Waals surface area contributed by atoms with Gasteiger partial charge in [-0.15, -0.1) is 0 Å². The van der Waals surface area contributed by atoms with Crippen LogP contribution in [-0.2, 0) is 14.3 Å². The number of ether oxygens (including phenoxy) is 1. The molecule has 0 saturated carbocycles. The second-order valence-corrected chi connectivity index (χ2v) is 8.37. The Kier molecular flexibility index (Phi) is 7.51. The van der Waals surface area contributed by atoms with E-state index in [0.717, 1.165) is 11.1 Å². The Balaban J connectivity index is 1.45. The van der Waals surface area contributed by atoms with Gasteiger partial charge in [-0.2, -0.15) is 0 Å². The van der Waals surface area contributed by atoms with E-state index < -0.39 is 18.1 Å². The number of nitrogens with zero attached hydrogens (tertiary/aromatic N) is 1. The largest absolute Gasteiger partial charge is 0.480 e. The number of hydrogen-bond acceptors (Lipinski definition) is 4. The third kappa shape index (κ3) is 5.28. The van der Waals surface area contributed by atoms with Gasteiger partial charge in [-0.05, 0) is 41.5 Å². The molecule has 0 bridgehead atoms. The highest BCUT2D eigenvalue weighted by Gasteiger charge is 2.29. The fraction of sp³-hybridized carbons (Fsp3) is 0.400. The predicted molar refractivity (Wildman–Crippen MR) is 121 cm³/mol. The number of alkyl carbamates (subject to hydrolysis) is 1. The third-order valence-electron chi connectivity index (χ3n) is 6.12. The Morgan fingerprint density at radius 3 is 2.16 bits per heavy atom. The number of carboxylic acids is 1. The molecule has 3 rings (SSSR count). The maximum absolute atomic E-state index is 12.3.